The zero-order chi connectivity index (χ0) is 18.3. The molecule has 2 N–H and O–H groups in total. The van der Waals surface area contributed by atoms with Gasteiger partial charge in [-0.25, -0.2) is 0 Å². The van der Waals surface area contributed by atoms with Crippen LogP contribution in [0.3, 0.4) is 0 Å². The average Bonchev–Trinajstić information content (AvgIpc) is 2.46. The molecule has 1 heterocycles. The Morgan fingerprint density at radius 1 is 1.12 bits per heavy atom. The van der Waals surface area contributed by atoms with Crippen molar-refractivity contribution in [2.75, 3.05) is 19.0 Å². The maximum atomic E-state index is 8.56. The number of rotatable bonds is 4. The van der Waals surface area contributed by atoms with Gasteiger partial charge in [0.25, 0.3) is 0 Å². The second-order valence-corrected chi connectivity index (χ2v) is 6.23. The molecule has 0 spiro atoms. The summed E-state index contributed by atoms with van der Waals surface area (Å²) in [5.74, 6) is 0. The van der Waals surface area contributed by atoms with Gasteiger partial charge in [0.1, 0.15) is 0 Å². The number of aliphatic hydroxyl groups is 2. The van der Waals surface area contributed by atoms with Crippen molar-refractivity contribution in [3.63, 3.8) is 0 Å². The fourth-order valence-electron chi connectivity index (χ4n) is 2.20. The molecule has 6 heteroatoms. The molecule has 0 aliphatic rings. The number of aryl methyl sites for hydroxylation is 2. The van der Waals surface area contributed by atoms with Crippen molar-refractivity contribution in [3.05, 3.63) is 41.9 Å². The summed E-state index contributed by atoms with van der Waals surface area (Å²) < 4.78 is 0. The number of aliphatic hydroxyl groups excluding tert-OH is 2. The molecule has 1 aromatic carbocycles. The Morgan fingerprint density at radius 3 is 2.08 bits per heavy atom. The van der Waals surface area contributed by atoms with Crippen molar-refractivity contribution >= 4 is 5.69 Å². The Balaban J connectivity index is 0.000000620. The molecule has 0 aliphatic heterocycles. The van der Waals surface area contributed by atoms with E-state index >= 15 is 0 Å². The molecule has 2 unspecified atom stereocenters. The Kier molecular flexibility index (Phi) is 10.7. The van der Waals surface area contributed by atoms with Crippen LogP contribution < -0.4 is 4.90 Å². The van der Waals surface area contributed by atoms with E-state index in [0.717, 1.165) is 28.3 Å². The van der Waals surface area contributed by atoms with Crippen LogP contribution in [0.4, 0.5) is 5.69 Å². The summed E-state index contributed by atoms with van der Waals surface area (Å²) in [5, 5.41) is 17.1. The first-order chi connectivity index (χ1) is 11.2. The standard InChI is InChI=1S/C14H16N3.C5H12O2.Ir/c1-10-9-15-14(11(2)16-10)12-5-7-13(8-6-12)17(3)4;1-4(6)3-5(2)7;/h5,7-9H,1-4H3;4-7H,3H2,1-2H3;/q-1;;. The molecule has 2 atom stereocenters. The summed E-state index contributed by atoms with van der Waals surface area (Å²) in [6.07, 6.45) is 1.51. The van der Waals surface area contributed by atoms with Crippen molar-refractivity contribution < 1.29 is 30.3 Å². The number of hydrogen-bond donors (Lipinski definition) is 2. The van der Waals surface area contributed by atoms with E-state index in [1.807, 2.05) is 45.0 Å². The smallest absolute Gasteiger partial charge is 0.0539 e. The SMILES string of the molecule is CC(O)CC(C)O.Cc1cnc(-c2[c-]cc(N(C)C)cc2)c(C)n1.[Ir]. The van der Waals surface area contributed by atoms with Gasteiger partial charge >= 0.3 is 0 Å². The third kappa shape index (κ3) is 8.54. The Morgan fingerprint density at radius 2 is 1.72 bits per heavy atom. The molecule has 2 rings (SSSR count). The molecule has 0 aliphatic carbocycles. The number of hydrogen-bond acceptors (Lipinski definition) is 5. The predicted molar refractivity (Wildman–Crippen MR) is 98.1 cm³/mol. The van der Waals surface area contributed by atoms with Gasteiger partial charge in [-0.15, -0.1) is 29.8 Å². The molecule has 0 saturated carbocycles. The summed E-state index contributed by atoms with van der Waals surface area (Å²) >= 11 is 0. The van der Waals surface area contributed by atoms with Gasteiger partial charge in [0, 0.05) is 37.7 Å². The molecule has 0 saturated heterocycles. The van der Waals surface area contributed by atoms with Crippen LogP contribution >= 0.6 is 0 Å². The van der Waals surface area contributed by atoms with Crippen LogP contribution in [-0.4, -0.2) is 46.5 Å². The van der Waals surface area contributed by atoms with E-state index in [4.69, 9.17) is 10.2 Å². The van der Waals surface area contributed by atoms with Gasteiger partial charge in [0.2, 0.25) is 0 Å². The second-order valence-electron chi connectivity index (χ2n) is 6.23. The first kappa shape index (κ1) is 23.7. The van der Waals surface area contributed by atoms with Crippen molar-refractivity contribution in [2.24, 2.45) is 0 Å². The van der Waals surface area contributed by atoms with E-state index < -0.39 is 0 Å². The average molecular weight is 523 g/mol. The summed E-state index contributed by atoms with van der Waals surface area (Å²) in [7, 11) is 4.03. The van der Waals surface area contributed by atoms with E-state index in [2.05, 4.69) is 22.1 Å². The molecule has 0 amide bonds. The predicted octanol–water partition coefficient (Wildman–Crippen LogP) is 2.76. The number of aromatic nitrogens is 2. The normalized spacial score (nSPS) is 12.3. The van der Waals surface area contributed by atoms with Crippen molar-refractivity contribution in [3.8, 4) is 11.3 Å². The Bertz CT molecular complexity index is 623. The van der Waals surface area contributed by atoms with Crippen molar-refractivity contribution in [2.45, 2.75) is 46.3 Å². The largest absolute Gasteiger partial charge is 0.416 e. The summed E-state index contributed by atoms with van der Waals surface area (Å²) in [5.41, 5.74) is 4.91. The first-order valence-corrected chi connectivity index (χ1v) is 8.06. The zero-order valence-corrected chi connectivity index (χ0v) is 18.1. The Hall–Kier alpha value is -1.33. The van der Waals surface area contributed by atoms with Crippen LogP contribution in [0.2, 0.25) is 0 Å². The van der Waals surface area contributed by atoms with E-state index in [-0.39, 0.29) is 32.3 Å². The van der Waals surface area contributed by atoms with E-state index in [1.165, 1.54) is 0 Å². The fraction of sp³-hybridized carbons (Fsp3) is 0.474. The first-order valence-electron chi connectivity index (χ1n) is 8.06. The molecule has 141 valence electrons. The topological polar surface area (TPSA) is 69.5 Å². The second kappa shape index (κ2) is 11.3. The third-order valence-electron chi connectivity index (χ3n) is 3.32. The number of benzene rings is 1. The van der Waals surface area contributed by atoms with Crippen LogP contribution in [0.5, 0.6) is 0 Å². The fourth-order valence-corrected chi connectivity index (χ4v) is 2.20. The molecule has 2 aromatic rings. The van der Waals surface area contributed by atoms with Crippen LogP contribution in [0.15, 0.2) is 24.4 Å². The minimum atomic E-state index is -0.375. The minimum absolute atomic E-state index is 0. The molecule has 1 radical (unpaired) electrons. The molecular weight excluding hydrogens is 494 g/mol. The minimum Gasteiger partial charge on any atom is -0.416 e. The Labute approximate surface area is 164 Å². The monoisotopic (exact) mass is 523 g/mol. The van der Waals surface area contributed by atoms with Crippen LogP contribution in [0.1, 0.15) is 31.7 Å². The maximum absolute atomic E-state index is 8.56. The summed E-state index contributed by atoms with van der Waals surface area (Å²) in [4.78, 5) is 10.9. The number of nitrogens with zero attached hydrogens (tertiary/aromatic N) is 3. The van der Waals surface area contributed by atoms with Gasteiger partial charge in [-0.2, -0.15) is 0 Å². The molecule has 0 fully saturated rings. The van der Waals surface area contributed by atoms with E-state index in [0.29, 0.717) is 6.42 Å². The molecule has 5 nitrogen and oxygen atoms in total. The quantitative estimate of drug-likeness (QED) is 0.605. The molecule has 25 heavy (non-hydrogen) atoms. The van der Waals surface area contributed by atoms with Crippen LogP contribution in [0, 0.1) is 19.9 Å². The van der Waals surface area contributed by atoms with Gasteiger partial charge < -0.3 is 20.1 Å². The van der Waals surface area contributed by atoms with Gasteiger partial charge in [0.05, 0.1) is 17.9 Å². The van der Waals surface area contributed by atoms with E-state index in [9.17, 15) is 0 Å². The van der Waals surface area contributed by atoms with Gasteiger partial charge in [-0.3, -0.25) is 4.98 Å². The number of anilines is 1. The van der Waals surface area contributed by atoms with Gasteiger partial charge in [-0.1, -0.05) is 0 Å². The summed E-state index contributed by atoms with van der Waals surface area (Å²) in [6.45, 7) is 7.24. The molecule has 1 aromatic heterocycles. The van der Waals surface area contributed by atoms with Gasteiger partial charge in [0.15, 0.2) is 0 Å². The third-order valence-corrected chi connectivity index (χ3v) is 3.32. The zero-order valence-electron chi connectivity index (χ0n) is 15.7. The van der Waals surface area contributed by atoms with Crippen molar-refractivity contribution in [1.82, 2.24) is 9.97 Å². The van der Waals surface area contributed by atoms with Crippen LogP contribution in [0.25, 0.3) is 11.3 Å². The maximum Gasteiger partial charge on any atom is 0.0539 e. The summed E-state index contributed by atoms with van der Waals surface area (Å²) in [6, 6.07) is 9.31. The molecule has 0 bridgehead atoms. The van der Waals surface area contributed by atoms with E-state index in [1.54, 1.807) is 20.0 Å². The molecular formula is C19H28IrN3O2-. The van der Waals surface area contributed by atoms with Crippen LogP contribution in [-0.2, 0) is 20.1 Å². The van der Waals surface area contributed by atoms with Gasteiger partial charge in [-0.05, 0) is 53.9 Å². The van der Waals surface area contributed by atoms with Crippen molar-refractivity contribution in [1.29, 1.82) is 0 Å².